The van der Waals surface area contributed by atoms with Crippen LogP contribution in [0.15, 0.2) is 48.8 Å². The van der Waals surface area contributed by atoms with E-state index in [9.17, 15) is 5.11 Å². The van der Waals surface area contributed by atoms with Gasteiger partial charge < -0.3 is 9.67 Å². The molecule has 1 unspecified atom stereocenters. The van der Waals surface area contributed by atoms with Crippen molar-refractivity contribution in [2.24, 2.45) is 0 Å². The van der Waals surface area contributed by atoms with Gasteiger partial charge in [0.15, 0.2) is 0 Å². The second-order valence-electron chi connectivity index (χ2n) is 6.19. The highest BCUT2D eigenvalue weighted by molar-refractivity contribution is 7.71. The third kappa shape index (κ3) is 3.79. The Kier molecular flexibility index (Phi) is 5.28. The highest BCUT2D eigenvalue weighted by atomic mass is 32.1. The number of hydrogen-bond donors (Lipinski definition) is 1. The van der Waals surface area contributed by atoms with E-state index in [4.69, 9.17) is 12.2 Å². The maximum atomic E-state index is 9.97. The molecule has 25 heavy (non-hydrogen) atoms. The lowest BCUT2D eigenvalue weighted by Gasteiger charge is -2.18. The molecule has 1 atom stereocenters. The molecule has 0 amide bonds. The number of benzene rings is 1. The lowest BCUT2D eigenvalue weighted by atomic mass is 10.1. The smallest absolute Gasteiger partial charge is 0.150 e. The van der Waals surface area contributed by atoms with Crippen molar-refractivity contribution in [2.45, 2.75) is 39.2 Å². The highest BCUT2D eigenvalue weighted by Crippen LogP contribution is 2.26. The fourth-order valence-electron chi connectivity index (χ4n) is 2.90. The number of aryl methyl sites for hydroxylation is 1. The fourth-order valence-corrected chi connectivity index (χ4v) is 3.15. The van der Waals surface area contributed by atoms with Crippen molar-refractivity contribution in [1.82, 2.24) is 19.6 Å². The van der Waals surface area contributed by atoms with Crippen molar-refractivity contribution in [3.05, 3.63) is 64.7 Å². The van der Waals surface area contributed by atoms with Crippen molar-refractivity contribution >= 4 is 12.2 Å². The van der Waals surface area contributed by atoms with Crippen LogP contribution in [-0.2, 0) is 0 Å². The summed E-state index contributed by atoms with van der Waals surface area (Å²) in [5.74, 6) is 0.116. The third-order valence-corrected chi connectivity index (χ3v) is 4.66. The third-order valence-electron chi connectivity index (χ3n) is 4.24. The first-order valence-corrected chi connectivity index (χ1v) is 8.90. The van der Waals surface area contributed by atoms with Gasteiger partial charge in [0, 0.05) is 6.20 Å². The summed E-state index contributed by atoms with van der Waals surface area (Å²) in [6, 6.07) is 11.5. The van der Waals surface area contributed by atoms with Gasteiger partial charge in [-0.15, -0.1) is 5.10 Å². The van der Waals surface area contributed by atoms with Crippen LogP contribution in [0.4, 0.5) is 0 Å². The summed E-state index contributed by atoms with van der Waals surface area (Å²) in [6.45, 7) is 4.21. The fraction of sp³-hybridized carbons (Fsp3) is 0.316. The molecule has 0 aliphatic rings. The van der Waals surface area contributed by atoms with E-state index < -0.39 is 0 Å². The first-order chi connectivity index (χ1) is 12.1. The minimum atomic E-state index is -0.0434. The molecular formula is C19H22N4OS. The summed E-state index contributed by atoms with van der Waals surface area (Å²) < 4.78 is 4.12. The van der Waals surface area contributed by atoms with Gasteiger partial charge in [-0.3, -0.25) is 0 Å². The number of aromatic hydroxyl groups is 1. The Morgan fingerprint density at radius 2 is 2.08 bits per heavy atom. The van der Waals surface area contributed by atoms with Crippen LogP contribution in [0.25, 0.3) is 5.69 Å². The quantitative estimate of drug-likeness (QED) is 0.658. The molecule has 0 bridgehead atoms. The van der Waals surface area contributed by atoms with E-state index in [1.54, 1.807) is 16.8 Å². The van der Waals surface area contributed by atoms with E-state index in [-0.39, 0.29) is 11.8 Å². The molecule has 1 aromatic carbocycles. The van der Waals surface area contributed by atoms with Gasteiger partial charge in [-0.2, -0.15) is 0 Å². The first-order valence-electron chi connectivity index (χ1n) is 8.49. The zero-order valence-electron chi connectivity index (χ0n) is 14.5. The second-order valence-corrected chi connectivity index (χ2v) is 6.58. The summed E-state index contributed by atoms with van der Waals surface area (Å²) >= 11 is 5.40. The van der Waals surface area contributed by atoms with E-state index in [1.165, 1.54) is 5.56 Å². The van der Waals surface area contributed by atoms with Crippen molar-refractivity contribution < 1.29 is 5.11 Å². The van der Waals surface area contributed by atoms with Gasteiger partial charge in [0.05, 0.1) is 17.9 Å². The molecular weight excluding hydrogens is 332 g/mol. The zero-order valence-corrected chi connectivity index (χ0v) is 15.3. The van der Waals surface area contributed by atoms with Crippen LogP contribution in [0.5, 0.6) is 5.75 Å². The summed E-state index contributed by atoms with van der Waals surface area (Å²) in [5, 5.41) is 18.6. The minimum Gasteiger partial charge on any atom is -0.505 e. The highest BCUT2D eigenvalue weighted by Gasteiger charge is 2.18. The largest absolute Gasteiger partial charge is 0.505 e. The van der Waals surface area contributed by atoms with Gasteiger partial charge in [-0.05, 0) is 43.2 Å². The number of aromatic nitrogens is 4. The van der Waals surface area contributed by atoms with Crippen molar-refractivity contribution in [3.63, 3.8) is 0 Å². The van der Waals surface area contributed by atoms with Gasteiger partial charge in [0.25, 0.3) is 0 Å². The maximum Gasteiger partial charge on any atom is 0.150 e. The van der Waals surface area contributed by atoms with Crippen LogP contribution < -0.4 is 0 Å². The number of pyridine rings is 1. The van der Waals surface area contributed by atoms with Crippen LogP contribution in [-0.4, -0.2) is 24.7 Å². The van der Waals surface area contributed by atoms with E-state index in [0.717, 1.165) is 30.6 Å². The van der Waals surface area contributed by atoms with Gasteiger partial charge in [0.1, 0.15) is 16.1 Å². The predicted molar refractivity (Wildman–Crippen MR) is 101 cm³/mol. The summed E-state index contributed by atoms with van der Waals surface area (Å²) in [6.07, 6.45) is 6.85. The summed E-state index contributed by atoms with van der Waals surface area (Å²) in [5.41, 5.74) is 3.00. The molecule has 1 N–H and O–H groups in total. The molecule has 0 aliphatic carbocycles. The normalized spacial score (nSPS) is 12.2. The summed E-state index contributed by atoms with van der Waals surface area (Å²) in [7, 11) is 0. The molecule has 0 fully saturated rings. The standard InChI is InChI=1S/C19H22N4OS/c1-3-4-9-17(22-11-6-10-18(24)19(22)25)16-13-23(21-20-16)15-8-5-7-14(2)12-15/h5-8,10-13,17,24H,3-4,9H2,1-2H3. The average Bonchev–Trinajstić information content (AvgIpc) is 3.09. The molecule has 2 aromatic heterocycles. The average molecular weight is 354 g/mol. The Morgan fingerprint density at radius 1 is 1.24 bits per heavy atom. The Hall–Kier alpha value is -2.47. The van der Waals surface area contributed by atoms with Gasteiger partial charge >= 0.3 is 0 Å². The number of nitrogens with zero attached hydrogens (tertiary/aromatic N) is 4. The zero-order chi connectivity index (χ0) is 17.8. The van der Waals surface area contributed by atoms with E-state index >= 15 is 0 Å². The Bertz CT molecular complexity index is 916. The van der Waals surface area contributed by atoms with Crippen molar-refractivity contribution in [3.8, 4) is 11.4 Å². The van der Waals surface area contributed by atoms with E-state index in [0.29, 0.717) is 4.64 Å². The van der Waals surface area contributed by atoms with Crippen molar-refractivity contribution in [1.29, 1.82) is 0 Å². The van der Waals surface area contributed by atoms with Crippen LogP contribution >= 0.6 is 12.2 Å². The Balaban J connectivity index is 2.00. The monoisotopic (exact) mass is 354 g/mol. The molecule has 130 valence electrons. The first kappa shape index (κ1) is 17.4. The van der Waals surface area contributed by atoms with Crippen LogP contribution in [0.3, 0.4) is 0 Å². The van der Waals surface area contributed by atoms with Crippen LogP contribution in [0.2, 0.25) is 0 Å². The van der Waals surface area contributed by atoms with Gasteiger partial charge in [-0.25, -0.2) is 4.68 Å². The summed E-state index contributed by atoms with van der Waals surface area (Å²) in [4.78, 5) is 0. The lowest BCUT2D eigenvalue weighted by molar-refractivity contribution is 0.443. The number of rotatable bonds is 6. The van der Waals surface area contributed by atoms with E-state index in [2.05, 4.69) is 36.3 Å². The second kappa shape index (κ2) is 7.61. The lowest BCUT2D eigenvalue weighted by Crippen LogP contribution is -2.12. The minimum absolute atomic E-state index is 0.0434. The number of hydrogen-bond acceptors (Lipinski definition) is 4. The van der Waals surface area contributed by atoms with Crippen LogP contribution in [0.1, 0.15) is 43.5 Å². The maximum absolute atomic E-state index is 9.97. The SMILES string of the molecule is CCCCC(c1cn(-c2cccc(C)c2)nn1)n1cccc(O)c1=S. The van der Waals surface area contributed by atoms with Gasteiger partial charge in [0.2, 0.25) is 0 Å². The predicted octanol–water partition coefficient (Wildman–Crippen LogP) is 4.59. The molecule has 3 aromatic rings. The molecule has 0 aliphatic heterocycles. The molecule has 0 spiro atoms. The van der Waals surface area contributed by atoms with E-state index in [1.807, 2.05) is 29.1 Å². The molecule has 0 radical (unpaired) electrons. The Morgan fingerprint density at radius 3 is 2.84 bits per heavy atom. The van der Waals surface area contributed by atoms with Gasteiger partial charge in [-0.1, -0.05) is 49.3 Å². The Labute approximate surface area is 152 Å². The molecule has 5 nitrogen and oxygen atoms in total. The van der Waals surface area contributed by atoms with Crippen molar-refractivity contribution in [2.75, 3.05) is 0 Å². The molecule has 0 saturated carbocycles. The molecule has 3 rings (SSSR count). The van der Waals surface area contributed by atoms with Crippen LogP contribution in [0, 0.1) is 11.6 Å². The molecule has 0 saturated heterocycles. The molecule has 6 heteroatoms. The number of unbranched alkanes of at least 4 members (excludes halogenated alkanes) is 1. The molecule has 2 heterocycles. The topological polar surface area (TPSA) is 55.9 Å².